The maximum Gasteiger partial charge on any atom is 0.341 e. The maximum atomic E-state index is 11.6. The largest absolute Gasteiger partial charge is 0.460 e. The Bertz CT molecular complexity index is 488. The first-order chi connectivity index (χ1) is 9.57. The lowest BCUT2D eigenvalue weighted by molar-refractivity contribution is -0.154. The molecular weight excluding hydrogens is 276 g/mol. The molecule has 2 unspecified atom stereocenters. The van der Waals surface area contributed by atoms with Gasteiger partial charge in [0.05, 0.1) is 6.10 Å². The van der Waals surface area contributed by atoms with E-state index in [-0.39, 0.29) is 23.3 Å². The number of esters is 3. The predicted octanol–water partition coefficient (Wildman–Crippen LogP) is 1.30. The van der Waals surface area contributed by atoms with Crippen molar-refractivity contribution < 1.29 is 29.0 Å². The fourth-order valence-electron chi connectivity index (χ4n) is 1.08. The molecule has 0 saturated heterocycles. The van der Waals surface area contributed by atoms with Crippen molar-refractivity contribution >= 4 is 17.9 Å². The van der Waals surface area contributed by atoms with Gasteiger partial charge in [0.2, 0.25) is 0 Å². The lowest BCUT2D eigenvalue weighted by Crippen LogP contribution is -2.30. The fraction of sp³-hybridized carbons (Fsp3) is 0.400. The zero-order valence-electron chi connectivity index (χ0n) is 12.5. The molecule has 0 spiro atoms. The summed E-state index contributed by atoms with van der Waals surface area (Å²) in [7, 11) is 0. The Morgan fingerprint density at radius 1 is 1.00 bits per heavy atom. The molecule has 0 aliphatic heterocycles. The number of carbonyl (C=O) groups is 3. The van der Waals surface area contributed by atoms with Gasteiger partial charge in [-0.3, -0.25) is 0 Å². The molecule has 0 aliphatic rings. The zero-order chi connectivity index (χ0) is 16.7. The highest BCUT2D eigenvalue weighted by Crippen LogP contribution is 2.16. The number of hydrogen-bond acceptors (Lipinski definition) is 6. The predicted molar refractivity (Wildman–Crippen MR) is 76.0 cm³/mol. The number of aliphatic hydroxyl groups excluding tert-OH is 1. The van der Waals surface area contributed by atoms with E-state index in [0.29, 0.717) is 0 Å². The molecule has 6 nitrogen and oxygen atoms in total. The van der Waals surface area contributed by atoms with Gasteiger partial charge in [0, 0.05) is 22.6 Å². The number of hydrogen-bond donors (Lipinski definition) is 1. The molecular formula is C15H20O6. The van der Waals surface area contributed by atoms with Crippen molar-refractivity contribution in [3.63, 3.8) is 0 Å². The first-order valence-corrected chi connectivity index (χ1v) is 6.19. The Labute approximate surface area is 123 Å². The molecule has 2 atom stereocenters. The molecule has 0 aliphatic carbocycles. The van der Waals surface area contributed by atoms with Crippen molar-refractivity contribution in [3.8, 4) is 0 Å². The SMILES string of the molecule is C=C(C)C(=O)OCC(O)C(C)C(=C)C(=O)OC(=O)C(=C)C. The smallest absolute Gasteiger partial charge is 0.341 e. The molecule has 0 aromatic heterocycles. The van der Waals surface area contributed by atoms with Crippen LogP contribution in [0, 0.1) is 5.92 Å². The van der Waals surface area contributed by atoms with Gasteiger partial charge in [0.1, 0.15) is 6.61 Å². The molecule has 0 radical (unpaired) electrons. The second-order valence-corrected chi connectivity index (χ2v) is 4.72. The molecule has 1 N–H and O–H groups in total. The topological polar surface area (TPSA) is 89.9 Å². The summed E-state index contributed by atoms with van der Waals surface area (Å²) in [4.78, 5) is 34.0. The van der Waals surface area contributed by atoms with E-state index in [2.05, 4.69) is 24.5 Å². The van der Waals surface area contributed by atoms with Crippen molar-refractivity contribution in [1.29, 1.82) is 0 Å². The van der Waals surface area contributed by atoms with E-state index in [0.717, 1.165) is 0 Å². The van der Waals surface area contributed by atoms with E-state index in [4.69, 9.17) is 4.74 Å². The second-order valence-electron chi connectivity index (χ2n) is 4.72. The molecule has 116 valence electrons. The van der Waals surface area contributed by atoms with Gasteiger partial charge < -0.3 is 14.6 Å². The number of ether oxygens (including phenoxy) is 2. The summed E-state index contributed by atoms with van der Waals surface area (Å²) < 4.78 is 9.27. The molecule has 0 amide bonds. The summed E-state index contributed by atoms with van der Waals surface area (Å²) in [5.41, 5.74) is 0.156. The summed E-state index contributed by atoms with van der Waals surface area (Å²) in [6.45, 7) is 14.2. The van der Waals surface area contributed by atoms with Crippen molar-refractivity contribution in [2.45, 2.75) is 26.9 Å². The Kier molecular flexibility index (Phi) is 7.30. The van der Waals surface area contributed by atoms with Crippen LogP contribution in [-0.4, -0.2) is 35.7 Å². The molecule has 0 aromatic carbocycles. The van der Waals surface area contributed by atoms with Gasteiger partial charge in [-0.15, -0.1) is 0 Å². The quantitative estimate of drug-likeness (QED) is 0.433. The molecule has 21 heavy (non-hydrogen) atoms. The fourth-order valence-corrected chi connectivity index (χ4v) is 1.08. The molecule has 0 heterocycles. The maximum absolute atomic E-state index is 11.6. The standard InChI is InChI=1S/C15H20O6/c1-8(2)13(17)20-7-12(16)10(5)11(6)15(19)21-14(18)9(3)4/h10,12,16H,1,3,6-7H2,2,4-5H3. The lowest BCUT2D eigenvalue weighted by atomic mass is 9.97. The number of rotatable bonds is 7. The summed E-state index contributed by atoms with van der Waals surface area (Å²) in [6, 6.07) is 0. The van der Waals surface area contributed by atoms with Crippen molar-refractivity contribution in [3.05, 3.63) is 36.5 Å². The Morgan fingerprint density at radius 2 is 1.48 bits per heavy atom. The van der Waals surface area contributed by atoms with E-state index in [9.17, 15) is 19.5 Å². The highest BCUT2D eigenvalue weighted by molar-refractivity contribution is 6.01. The van der Waals surface area contributed by atoms with Crippen LogP contribution >= 0.6 is 0 Å². The Balaban J connectivity index is 4.52. The van der Waals surface area contributed by atoms with Crippen LogP contribution in [0.2, 0.25) is 0 Å². The molecule has 0 bridgehead atoms. The van der Waals surface area contributed by atoms with Crippen LogP contribution in [0.15, 0.2) is 36.5 Å². The molecule has 0 aromatic rings. The van der Waals surface area contributed by atoms with E-state index >= 15 is 0 Å². The van der Waals surface area contributed by atoms with Gasteiger partial charge in [-0.2, -0.15) is 0 Å². The number of aliphatic hydroxyl groups is 1. The minimum atomic E-state index is -1.16. The van der Waals surface area contributed by atoms with Crippen LogP contribution in [-0.2, 0) is 23.9 Å². The van der Waals surface area contributed by atoms with Crippen LogP contribution in [0.1, 0.15) is 20.8 Å². The van der Waals surface area contributed by atoms with Gasteiger partial charge in [-0.25, -0.2) is 14.4 Å². The molecule has 0 fully saturated rings. The van der Waals surface area contributed by atoms with Gasteiger partial charge >= 0.3 is 17.9 Å². The third kappa shape index (κ3) is 6.18. The van der Waals surface area contributed by atoms with Gasteiger partial charge in [0.15, 0.2) is 0 Å². The molecule has 0 saturated carbocycles. The highest BCUT2D eigenvalue weighted by Gasteiger charge is 2.26. The minimum Gasteiger partial charge on any atom is -0.460 e. The van der Waals surface area contributed by atoms with Crippen LogP contribution in [0.25, 0.3) is 0 Å². The van der Waals surface area contributed by atoms with Gasteiger partial charge in [0.25, 0.3) is 0 Å². The third-order valence-electron chi connectivity index (χ3n) is 2.66. The Morgan fingerprint density at radius 3 is 1.90 bits per heavy atom. The first kappa shape index (κ1) is 18.8. The first-order valence-electron chi connectivity index (χ1n) is 6.19. The average molecular weight is 296 g/mol. The van der Waals surface area contributed by atoms with E-state index in [1.165, 1.54) is 20.8 Å². The minimum absolute atomic E-state index is 0.0692. The van der Waals surface area contributed by atoms with E-state index in [1.807, 2.05) is 0 Å². The lowest BCUT2D eigenvalue weighted by Gasteiger charge is -2.19. The van der Waals surface area contributed by atoms with Crippen molar-refractivity contribution in [2.24, 2.45) is 5.92 Å². The highest BCUT2D eigenvalue weighted by atomic mass is 16.6. The van der Waals surface area contributed by atoms with E-state index in [1.54, 1.807) is 0 Å². The van der Waals surface area contributed by atoms with Crippen LogP contribution < -0.4 is 0 Å². The Hall–Kier alpha value is -2.21. The summed E-state index contributed by atoms with van der Waals surface area (Å²) in [5.74, 6) is -3.22. The van der Waals surface area contributed by atoms with Crippen molar-refractivity contribution in [1.82, 2.24) is 0 Å². The number of carbonyl (C=O) groups excluding carboxylic acids is 3. The van der Waals surface area contributed by atoms with Crippen molar-refractivity contribution in [2.75, 3.05) is 6.61 Å². The summed E-state index contributed by atoms with van der Waals surface area (Å²) >= 11 is 0. The average Bonchev–Trinajstić information content (AvgIpc) is 2.41. The summed E-state index contributed by atoms with van der Waals surface area (Å²) in [5, 5.41) is 9.83. The van der Waals surface area contributed by atoms with Gasteiger partial charge in [-0.1, -0.05) is 26.7 Å². The summed E-state index contributed by atoms with van der Waals surface area (Å²) in [6.07, 6.45) is -1.16. The second kappa shape index (κ2) is 8.16. The van der Waals surface area contributed by atoms with E-state index < -0.39 is 29.9 Å². The third-order valence-corrected chi connectivity index (χ3v) is 2.66. The van der Waals surface area contributed by atoms with Crippen LogP contribution in [0.5, 0.6) is 0 Å². The normalized spacial score (nSPS) is 12.8. The van der Waals surface area contributed by atoms with Crippen LogP contribution in [0.4, 0.5) is 0 Å². The monoisotopic (exact) mass is 296 g/mol. The van der Waals surface area contributed by atoms with Gasteiger partial charge in [-0.05, 0) is 13.8 Å². The zero-order valence-corrected chi connectivity index (χ0v) is 12.5. The van der Waals surface area contributed by atoms with Crippen LogP contribution in [0.3, 0.4) is 0 Å². The molecule has 6 heteroatoms. The molecule has 0 rings (SSSR count).